The standard InChI is InChI=1S/C17H30N4OS.HI/c1-3-18-16(19-9-7-12-21-10-4-5-11-21)20-14-17(2,22)15-8-6-13-23-15;/h6,8,13,22H,3-5,7,9-12,14H2,1-2H3,(H2,18,19,20);1H. The minimum Gasteiger partial charge on any atom is -0.383 e. The van der Waals surface area contributed by atoms with Gasteiger partial charge in [0.05, 0.1) is 6.54 Å². The Morgan fingerprint density at radius 3 is 2.75 bits per heavy atom. The van der Waals surface area contributed by atoms with E-state index in [0.717, 1.165) is 36.9 Å². The first-order valence-corrected chi connectivity index (χ1v) is 9.50. The summed E-state index contributed by atoms with van der Waals surface area (Å²) in [6.07, 6.45) is 3.80. The first-order valence-electron chi connectivity index (χ1n) is 8.63. The van der Waals surface area contributed by atoms with E-state index in [-0.39, 0.29) is 24.0 Å². The molecule has 0 spiro atoms. The first-order chi connectivity index (χ1) is 11.1. The van der Waals surface area contributed by atoms with Gasteiger partial charge >= 0.3 is 0 Å². The molecule has 24 heavy (non-hydrogen) atoms. The summed E-state index contributed by atoms with van der Waals surface area (Å²) in [5.41, 5.74) is -0.911. The number of nitrogens with one attached hydrogen (secondary N) is 2. The molecular weight excluding hydrogens is 435 g/mol. The van der Waals surface area contributed by atoms with E-state index in [1.807, 2.05) is 24.4 Å². The Kier molecular flexibility index (Phi) is 10.2. The second kappa shape index (κ2) is 11.3. The van der Waals surface area contributed by atoms with E-state index in [1.54, 1.807) is 11.3 Å². The molecule has 138 valence electrons. The second-order valence-electron chi connectivity index (χ2n) is 6.28. The van der Waals surface area contributed by atoms with Crippen molar-refractivity contribution >= 4 is 41.3 Å². The SMILES string of the molecule is CCNC(=NCC(C)(O)c1cccs1)NCCCN1CCCC1.I. The molecule has 1 saturated heterocycles. The number of hydrogen-bond donors (Lipinski definition) is 3. The van der Waals surface area contributed by atoms with Crippen molar-refractivity contribution in [1.82, 2.24) is 15.5 Å². The van der Waals surface area contributed by atoms with Crippen LogP contribution in [0, 0.1) is 0 Å². The Morgan fingerprint density at radius 1 is 1.38 bits per heavy atom. The average molecular weight is 466 g/mol. The van der Waals surface area contributed by atoms with Gasteiger partial charge in [-0.05, 0) is 64.2 Å². The van der Waals surface area contributed by atoms with Gasteiger partial charge in [0.25, 0.3) is 0 Å². The Bertz CT molecular complexity index is 473. The van der Waals surface area contributed by atoms with Gasteiger partial charge in [-0.15, -0.1) is 35.3 Å². The van der Waals surface area contributed by atoms with Crippen molar-refractivity contribution in [1.29, 1.82) is 0 Å². The summed E-state index contributed by atoms with van der Waals surface area (Å²) in [6, 6.07) is 3.91. The van der Waals surface area contributed by atoms with Crippen LogP contribution in [0.2, 0.25) is 0 Å². The monoisotopic (exact) mass is 466 g/mol. The predicted molar refractivity (Wildman–Crippen MR) is 114 cm³/mol. The fourth-order valence-corrected chi connectivity index (χ4v) is 3.53. The molecule has 1 aromatic rings. The van der Waals surface area contributed by atoms with Crippen LogP contribution in [0.15, 0.2) is 22.5 Å². The second-order valence-corrected chi connectivity index (χ2v) is 7.22. The van der Waals surface area contributed by atoms with Crippen molar-refractivity contribution in [3.8, 4) is 0 Å². The number of rotatable bonds is 8. The molecule has 2 heterocycles. The summed E-state index contributed by atoms with van der Waals surface area (Å²) >= 11 is 1.56. The Morgan fingerprint density at radius 2 is 2.12 bits per heavy atom. The number of nitrogens with zero attached hydrogens (tertiary/aromatic N) is 2. The van der Waals surface area contributed by atoms with Gasteiger partial charge in [0, 0.05) is 18.0 Å². The van der Waals surface area contributed by atoms with E-state index >= 15 is 0 Å². The highest BCUT2D eigenvalue weighted by Crippen LogP contribution is 2.25. The van der Waals surface area contributed by atoms with Crippen molar-refractivity contribution in [2.45, 2.75) is 38.7 Å². The lowest BCUT2D eigenvalue weighted by atomic mass is 10.1. The summed E-state index contributed by atoms with van der Waals surface area (Å²) in [6.45, 7) is 9.60. The third-order valence-electron chi connectivity index (χ3n) is 4.08. The lowest BCUT2D eigenvalue weighted by molar-refractivity contribution is 0.0711. The highest BCUT2D eigenvalue weighted by atomic mass is 127. The van der Waals surface area contributed by atoms with Gasteiger partial charge in [0.1, 0.15) is 5.60 Å². The highest BCUT2D eigenvalue weighted by molar-refractivity contribution is 14.0. The van der Waals surface area contributed by atoms with E-state index in [2.05, 4.69) is 27.4 Å². The van der Waals surface area contributed by atoms with Crippen LogP contribution >= 0.6 is 35.3 Å². The largest absolute Gasteiger partial charge is 0.383 e. The zero-order valence-electron chi connectivity index (χ0n) is 14.8. The molecule has 0 saturated carbocycles. The van der Waals surface area contributed by atoms with Crippen molar-refractivity contribution in [3.05, 3.63) is 22.4 Å². The molecule has 1 aromatic heterocycles. The third-order valence-corrected chi connectivity index (χ3v) is 5.21. The molecular formula is C17H31IN4OS. The lowest BCUT2D eigenvalue weighted by Crippen LogP contribution is -2.40. The van der Waals surface area contributed by atoms with Crippen LogP contribution in [0.5, 0.6) is 0 Å². The minimum absolute atomic E-state index is 0. The normalized spacial score (nSPS) is 18.0. The topological polar surface area (TPSA) is 59.9 Å². The predicted octanol–water partition coefficient (Wildman–Crippen LogP) is 2.61. The van der Waals surface area contributed by atoms with E-state index < -0.39 is 5.60 Å². The molecule has 5 nitrogen and oxygen atoms in total. The van der Waals surface area contributed by atoms with Crippen molar-refractivity contribution in [2.24, 2.45) is 4.99 Å². The van der Waals surface area contributed by atoms with Crippen LogP contribution in [-0.2, 0) is 5.60 Å². The van der Waals surface area contributed by atoms with Crippen molar-refractivity contribution in [2.75, 3.05) is 39.3 Å². The van der Waals surface area contributed by atoms with Crippen LogP contribution in [0.25, 0.3) is 0 Å². The van der Waals surface area contributed by atoms with Gasteiger partial charge in [-0.25, -0.2) is 4.99 Å². The van der Waals surface area contributed by atoms with Gasteiger partial charge in [-0.1, -0.05) is 6.07 Å². The molecule has 0 aliphatic carbocycles. The fraction of sp³-hybridized carbons (Fsp3) is 0.706. The quantitative estimate of drug-likeness (QED) is 0.239. The first kappa shape index (κ1) is 21.7. The number of aliphatic imine (C=N–C) groups is 1. The summed E-state index contributed by atoms with van der Waals surface area (Å²) in [4.78, 5) is 8.02. The van der Waals surface area contributed by atoms with Crippen molar-refractivity contribution < 1.29 is 5.11 Å². The van der Waals surface area contributed by atoms with Gasteiger partial charge in [-0.2, -0.15) is 0 Å². The van der Waals surface area contributed by atoms with Gasteiger partial charge in [0.15, 0.2) is 5.96 Å². The Balaban J connectivity index is 0.00000288. The van der Waals surface area contributed by atoms with E-state index in [4.69, 9.17) is 0 Å². The number of likely N-dealkylation sites (tertiary alicyclic amines) is 1. The molecule has 3 N–H and O–H groups in total. The molecule has 1 atom stereocenters. The van der Waals surface area contributed by atoms with E-state index in [9.17, 15) is 5.11 Å². The number of guanidine groups is 1. The van der Waals surface area contributed by atoms with E-state index in [1.165, 1.54) is 25.9 Å². The summed E-state index contributed by atoms with van der Waals surface area (Å²) < 4.78 is 0. The van der Waals surface area contributed by atoms with Gasteiger partial charge in [-0.3, -0.25) is 0 Å². The molecule has 0 bridgehead atoms. The van der Waals surface area contributed by atoms with Crippen LogP contribution < -0.4 is 10.6 Å². The van der Waals surface area contributed by atoms with Crippen LogP contribution in [-0.4, -0.2) is 55.2 Å². The average Bonchev–Trinajstić information content (AvgIpc) is 3.22. The maximum absolute atomic E-state index is 10.5. The lowest BCUT2D eigenvalue weighted by Gasteiger charge is -2.21. The molecule has 0 aromatic carbocycles. The van der Waals surface area contributed by atoms with E-state index in [0.29, 0.717) is 6.54 Å². The maximum atomic E-state index is 10.5. The summed E-state index contributed by atoms with van der Waals surface area (Å²) in [5.74, 6) is 0.783. The zero-order valence-corrected chi connectivity index (χ0v) is 17.9. The fourth-order valence-electron chi connectivity index (χ4n) is 2.75. The van der Waals surface area contributed by atoms with Crippen LogP contribution in [0.3, 0.4) is 0 Å². The molecule has 1 aliphatic rings. The molecule has 1 fully saturated rings. The smallest absolute Gasteiger partial charge is 0.191 e. The molecule has 0 amide bonds. The number of halogens is 1. The Labute approximate surface area is 167 Å². The number of hydrogen-bond acceptors (Lipinski definition) is 4. The molecule has 1 unspecified atom stereocenters. The highest BCUT2D eigenvalue weighted by Gasteiger charge is 2.23. The number of aliphatic hydroxyl groups is 1. The molecule has 0 radical (unpaired) electrons. The molecule has 2 rings (SSSR count). The number of thiophene rings is 1. The summed E-state index contributed by atoms with van der Waals surface area (Å²) in [7, 11) is 0. The maximum Gasteiger partial charge on any atom is 0.191 e. The van der Waals surface area contributed by atoms with Gasteiger partial charge in [0.2, 0.25) is 0 Å². The zero-order chi connectivity index (χ0) is 16.5. The molecule has 7 heteroatoms. The van der Waals surface area contributed by atoms with Gasteiger partial charge < -0.3 is 20.6 Å². The molecule has 1 aliphatic heterocycles. The Hall–Kier alpha value is -0.380. The minimum atomic E-state index is -0.911. The third kappa shape index (κ3) is 7.25. The van der Waals surface area contributed by atoms with Crippen molar-refractivity contribution in [3.63, 3.8) is 0 Å². The summed E-state index contributed by atoms with van der Waals surface area (Å²) in [5, 5.41) is 19.1. The van der Waals surface area contributed by atoms with Crippen LogP contribution in [0.1, 0.15) is 38.0 Å². The van der Waals surface area contributed by atoms with Crippen LogP contribution in [0.4, 0.5) is 0 Å².